The lowest BCUT2D eigenvalue weighted by atomic mass is 10.0. The van der Waals surface area contributed by atoms with Crippen molar-refractivity contribution in [3.63, 3.8) is 0 Å². The maximum Gasteiger partial charge on any atom is 0.142 e. The Balaban J connectivity index is 1.36. The van der Waals surface area contributed by atoms with E-state index in [1.54, 1.807) is 7.11 Å². The lowest BCUT2D eigenvalue weighted by Crippen LogP contribution is -2.50. The van der Waals surface area contributed by atoms with E-state index in [4.69, 9.17) is 4.74 Å². The van der Waals surface area contributed by atoms with E-state index in [0.29, 0.717) is 23.7 Å². The number of carbonyl (C=O) groups is 1. The normalized spacial score (nSPS) is 31.4. The number of rotatable bonds is 3. The molecule has 1 heterocycles. The van der Waals surface area contributed by atoms with E-state index in [2.05, 4.69) is 21.9 Å². The molecule has 23 heavy (non-hydrogen) atoms. The number of piperazine rings is 1. The van der Waals surface area contributed by atoms with Gasteiger partial charge in [-0.25, -0.2) is 0 Å². The monoisotopic (exact) mass is 314 g/mol. The van der Waals surface area contributed by atoms with Crippen molar-refractivity contribution in [1.82, 2.24) is 4.90 Å². The molecule has 124 valence electrons. The van der Waals surface area contributed by atoms with Crippen molar-refractivity contribution >= 4 is 11.5 Å². The number of fused-ring (bicyclic) bond motifs is 1. The molecule has 2 aliphatic carbocycles. The lowest BCUT2D eigenvalue weighted by Gasteiger charge is -2.39. The molecule has 4 heteroatoms. The molecule has 0 aromatic heterocycles. The van der Waals surface area contributed by atoms with E-state index >= 15 is 0 Å². The van der Waals surface area contributed by atoms with Crippen LogP contribution in [-0.4, -0.2) is 50.0 Å². The van der Waals surface area contributed by atoms with Crippen LogP contribution in [0.4, 0.5) is 5.69 Å². The van der Waals surface area contributed by atoms with Crippen LogP contribution in [0, 0.1) is 11.8 Å². The van der Waals surface area contributed by atoms with Crippen LogP contribution < -0.4 is 9.64 Å². The molecule has 0 radical (unpaired) electrons. The van der Waals surface area contributed by atoms with Gasteiger partial charge in [0.15, 0.2) is 0 Å². The predicted molar refractivity (Wildman–Crippen MR) is 91.0 cm³/mol. The van der Waals surface area contributed by atoms with Gasteiger partial charge in [0.2, 0.25) is 0 Å². The van der Waals surface area contributed by atoms with E-state index in [-0.39, 0.29) is 0 Å². The van der Waals surface area contributed by atoms with Crippen LogP contribution >= 0.6 is 0 Å². The number of methoxy groups -OCH3 is 1. The number of anilines is 1. The molecule has 0 N–H and O–H groups in total. The van der Waals surface area contributed by atoms with E-state index in [1.807, 2.05) is 12.1 Å². The first kappa shape index (κ1) is 15.0. The standard InChI is InChI=1S/C19H26N2O2/c1-23-19-5-3-2-4-18(19)21-8-6-20(7-9-21)16-10-14-12-17(22)13-15(14)11-16/h2-5,14-16H,6-13H2,1H3. The Kier molecular flexibility index (Phi) is 4.02. The number of carbonyl (C=O) groups excluding carboxylic acids is 1. The molecule has 1 aromatic rings. The minimum Gasteiger partial charge on any atom is -0.495 e. The average molecular weight is 314 g/mol. The van der Waals surface area contributed by atoms with E-state index in [1.165, 1.54) is 18.5 Å². The summed E-state index contributed by atoms with van der Waals surface area (Å²) < 4.78 is 5.50. The van der Waals surface area contributed by atoms with Crippen LogP contribution in [0.5, 0.6) is 5.75 Å². The Morgan fingerprint density at radius 1 is 1.00 bits per heavy atom. The van der Waals surface area contributed by atoms with Gasteiger partial charge in [0.25, 0.3) is 0 Å². The average Bonchev–Trinajstić information content (AvgIpc) is 3.12. The fraction of sp³-hybridized carbons (Fsp3) is 0.632. The molecule has 2 atom stereocenters. The third-order valence-electron chi connectivity index (χ3n) is 6.05. The predicted octanol–water partition coefficient (Wildman–Crippen LogP) is 2.57. The Bertz CT molecular complexity index is 564. The SMILES string of the molecule is COc1ccccc1N1CCN(C2CC3CC(=O)CC3C2)CC1. The van der Waals surface area contributed by atoms with Gasteiger partial charge in [0.1, 0.15) is 11.5 Å². The first-order chi connectivity index (χ1) is 11.2. The van der Waals surface area contributed by atoms with Crippen molar-refractivity contribution in [2.75, 3.05) is 38.2 Å². The molecule has 4 rings (SSSR count). The summed E-state index contributed by atoms with van der Waals surface area (Å²) in [6.07, 6.45) is 4.18. The van der Waals surface area contributed by atoms with Gasteiger partial charge in [0.05, 0.1) is 12.8 Å². The molecule has 4 nitrogen and oxygen atoms in total. The van der Waals surface area contributed by atoms with Gasteiger partial charge in [-0.15, -0.1) is 0 Å². The summed E-state index contributed by atoms with van der Waals surface area (Å²) in [4.78, 5) is 16.7. The topological polar surface area (TPSA) is 32.8 Å². The summed E-state index contributed by atoms with van der Waals surface area (Å²) in [6, 6.07) is 9.01. The van der Waals surface area contributed by atoms with E-state index in [9.17, 15) is 4.79 Å². The third kappa shape index (κ3) is 2.85. The van der Waals surface area contributed by atoms with Crippen LogP contribution in [0.3, 0.4) is 0 Å². The van der Waals surface area contributed by atoms with Crippen molar-refractivity contribution in [3.8, 4) is 5.75 Å². The number of hydrogen-bond donors (Lipinski definition) is 0. The number of ether oxygens (including phenoxy) is 1. The molecule has 1 aromatic carbocycles. The molecule has 2 unspecified atom stereocenters. The minimum atomic E-state index is 0.499. The number of para-hydroxylation sites is 2. The quantitative estimate of drug-likeness (QED) is 0.858. The number of hydrogen-bond acceptors (Lipinski definition) is 4. The summed E-state index contributed by atoms with van der Waals surface area (Å²) >= 11 is 0. The number of ketones is 1. The van der Waals surface area contributed by atoms with Gasteiger partial charge in [0, 0.05) is 45.1 Å². The highest BCUT2D eigenvalue weighted by Gasteiger charge is 2.43. The maximum absolute atomic E-state index is 11.6. The van der Waals surface area contributed by atoms with Gasteiger partial charge < -0.3 is 9.64 Å². The summed E-state index contributed by atoms with van der Waals surface area (Å²) in [5.41, 5.74) is 1.21. The Labute approximate surface area is 138 Å². The third-order valence-corrected chi connectivity index (χ3v) is 6.05. The smallest absolute Gasteiger partial charge is 0.142 e. The van der Waals surface area contributed by atoms with Crippen LogP contribution in [0.25, 0.3) is 0 Å². The summed E-state index contributed by atoms with van der Waals surface area (Å²) in [5, 5.41) is 0. The van der Waals surface area contributed by atoms with Crippen LogP contribution in [0.2, 0.25) is 0 Å². The molecule has 3 aliphatic rings. The van der Waals surface area contributed by atoms with Gasteiger partial charge in [-0.2, -0.15) is 0 Å². The first-order valence-electron chi connectivity index (χ1n) is 8.88. The van der Waals surface area contributed by atoms with Crippen LogP contribution in [-0.2, 0) is 4.79 Å². The molecular formula is C19H26N2O2. The fourth-order valence-electron chi connectivity index (χ4n) is 4.87. The molecular weight excluding hydrogens is 288 g/mol. The Morgan fingerprint density at radius 3 is 2.30 bits per heavy atom. The zero-order valence-electron chi connectivity index (χ0n) is 13.9. The van der Waals surface area contributed by atoms with E-state index in [0.717, 1.165) is 44.8 Å². The largest absolute Gasteiger partial charge is 0.495 e. The Morgan fingerprint density at radius 2 is 1.65 bits per heavy atom. The van der Waals surface area contributed by atoms with Gasteiger partial charge >= 0.3 is 0 Å². The zero-order chi connectivity index (χ0) is 15.8. The molecule has 0 amide bonds. The summed E-state index contributed by atoms with van der Waals surface area (Å²) in [5.74, 6) is 2.83. The highest BCUT2D eigenvalue weighted by molar-refractivity contribution is 5.81. The van der Waals surface area contributed by atoms with Crippen molar-refractivity contribution in [2.24, 2.45) is 11.8 Å². The van der Waals surface area contributed by atoms with Gasteiger partial charge in [-0.3, -0.25) is 9.69 Å². The highest BCUT2D eigenvalue weighted by atomic mass is 16.5. The van der Waals surface area contributed by atoms with Crippen molar-refractivity contribution in [3.05, 3.63) is 24.3 Å². The van der Waals surface area contributed by atoms with Gasteiger partial charge in [-0.05, 0) is 36.8 Å². The number of nitrogens with zero attached hydrogens (tertiary/aromatic N) is 2. The van der Waals surface area contributed by atoms with Crippen LogP contribution in [0.1, 0.15) is 25.7 Å². The molecule has 1 saturated heterocycles. The zero-order valence-corrected chi connectivity index (χ0v) is 13.9. The molecule has 2 saturated carbocycles. The van der Waals surface area contributed by atoms with Crippen molar-refractivity contribution < 1.29 is 9.53 Å². The molecule has 1 aliphatic heterocycles. The highest BCUT2D eigenvalue weighted by Crippen LogP contribution is 2.44. The minimum absolute atomic E-state index is 0.499. The first-order valence-corrected chi connectivity index (χ1v) is 8.88. The molecule has 3 fully saturated rings. The van der Waals surface area contributed by atoms with Crippen molar-refractivity contribution in [1.29, 1.82) is 0 Å². The number of benzene rings is 1. The summed E-state index contributed by atoms with van der Waals surface area (Å²) in [7, 11) is 1.74. The second-order valence-corrected chi connectivity index (χ2v) is 7.29. The lowest BCUT2D eigenvalue weighted by molar-refractivity contribution is -0.117. The van der Waals surface area contributed by atoms with Gasteiger partial charge in [-0.1, -0.05) is 12.1 Å². The second kappa shape index (κ2) is 6.16. The number of Topliss-reactive ketones (excluding diaryl/α,β-unsaturated/α-hetero) is 1. The fourth-order valence-corrected chi connectivity index (χ4v) is 4.87. The second-order valence-electron chi connectivity index (χ2n) is 7.29. The van der Waals surface area contributed by atoms with E-state index < -0.39 is 0 Å². The summed E-state index contributed by atoms with van der Waals surface area (Å²) in [6.45, 7) is 4.36. The maximum atomic E-state index is 11.6. The Hall–Kier alpha value is -1.55. The van der Waals surface area contributed by atoms with Crippen LogP contribution in [0.15, 0.2) is 24.3 Å². The molecule has 0 spiro atoms. The van der Waals surface area contributed by atoms with Crippen molar-refractivity contribution in [2.45, 2.75) is 31.7 Å². The molecule has 0 bridgehead atoms.